The van der Waals surface area contributed by atoms with E-state index in [1.54, 1.807) is 0 Å². The number of aliphatic carboxylic acids is 1. The van der Waals surface area contributed by atoms with Crippen molar-refractivity contribution in [1.82, 2.24) is 0 Å². The van der Waals surface area contributed by atoms with Gasteiger partial charge in [0, 0.05) is 6.61 Å². The summed E-state index contributed by atoms with van der Waals surface area (Å²) in [5.41, 5.74) is 5.47. The largest absolute Gasteiger partial charge is 0.490 e. The summed E-state index contributed by atoms with van der Waals surface area (Å²) in [4.78, 5) is 19.2. The molecule has 0 saturated carbocycles. The van der Waals surface area contributed by atoms with Crippen LogP contribution >= 0.6 is 0 Å². The molecule has 1 atom stereocenters. The minimum Gasteiger partial charge on any atom is -0.475 e. The number of rotatable bonds is 24. The van der Waals surface area contributed by atoms with Gasteiger partial charge in [-0.25, -0.2) is 4.79 Å². The van der Waals surface area contributed by atoms with Crippen LogP contribution in [0.15, 0.2) is 0 Å². The predicted molar refractivity (Wildman–Crippen MR) is 137 cm³/mol. The minimum absolute atomic E-state index is 0.364. The summed E-state index contributed by atoms with van der Waals surface area (Å²) >= 11 is 0. The standard InChI is InChI=1S/C25H51NO2.C2HF3O2/c1-2-3-4-5-6-7-8-9-10-11-12-13-14-15-16-17-18-19-20-21-22-28-24-25(26)23-27;3-2(4,5)1(6)7/h23,25H,2-22,24,26H2,1H3;(H,6,7)/t25-;/m1./s1. The maximum atomic E-state index is 10.6. The Morgan fingerprint density at radius 2 is 1.03 bits per heavy atom. The minimum atomic E-state index is -5.08. The molecule has 0 aromatic carbocycles. The zero-order valence-electron chi connectivity index (χ0n) is 22.1. The zero-order chi connectivity index (χ0) is 26.6. The van der Waals surface area contributed by atoms with Crippen LogP contribution in [0.2, 0.25) is 0 Å². The van der Waals surface area contributed by atoms with Gasteiger partial charge in [-0.05, 0) is 6.42 Å². The smallest absolute Gasteiger partial charge is 0.475 e. The van der Waals surface area contributed by atoms with E-state index in [4.69, 9.17) is 20.4 Å². The lowest BCUT2D eigenvalue weighted by Gasteiger charge is -2.06. The van der Waals surface area contributed by atoms with Crippen molar-refractivity contribution in [2.45, 2.75) is 148 Å². The van der Waals surface area contributed by atoms with Gasteiger partial charge in [-0.1, -0.05) is 129 Å². The highest BCUT2D eigenvalue weighted by Gasteiger charge is 2.38. The molecular formula is C27H52F3NO4. The Balaban J connectivity index is 0. The topological polar surface area (TPSA) is 89.6 Å². The number of carbonyl (C=O) groups is 2. The first kappa shape index (κ1) is 36.0. The fourth-order valence-electron chi connectivity index (χ4n) is 3.72. The lowest BCUT2D eigenvalue weighted by molar-refractivity contribution is -0.192. The summed E-state index contributed by atoms with van der Waals surface area (Å²) in [6, 6.07) is -0.454. The molecule has 0 radical (unpaired) electrons. The third-order valence-corrected chi connectivity index (χ3v) is 5.87. The Hall–Kier alpha value is -1.15. The van der Waals surface area contributed by atoms with Crippen molar-refractivity contribution in [2.75, 3.05) is 13.2 Å². The zero-order valence-corrected chi connectivity index (χ0v) is 22.1. The van der Waals surface area contributed by atoms with Gasteiger partial charge in [0.25, 0.3) is 0 Å². The molecular weight excluding hydrogens is 459 g/mol. The third kappa shape index (κ3) is 32.9. The van der Waals surface area contributed by atoms with E-state index >= 15 is 0 Å². The Kier molecular flexibility index (Phi) is 28.2. The molecule has 0 spiro atoms. The Morgan fingerprint density at radius 1 is 0.743 bits per heavy atom. The molecule has 0 heterocycles. The Morgan fingerprint density at radius 3 is 1.29 bits per heavy atom. The van der Waals surface area contributed by atoms with Gasteiger partial charge >= 0.3 is 12.1 Å². The first-order chi connectivity index (χ1) is 16.8. The van der Waals surface area contributed by atoms with Crippen molar-refractivity contribution in [3.63, 3.8) is 0 Å². The number of carboxylic acid groups (broad SMARTS) is 1. The molecule has 0 aromatic heterocycles. The van der Waals surface area contributed by atoms with Crippen LogP contribution in [-0.2, 0) is 14.3 Å². The highest BCUT2D eigenvalue weighted by molar-refractivity contribution is 5.73. The number of hydrogen-bond acceptors (Lipinski definition) is 4. The van der Waals surface area contributed by atoms with Crippen molar-refractivity contribution >= 4 is 12.3 Å². The summed E-state index contributed by atoms with van der Waals surface area (Å²) in [5.74, 6) is -2.76. The lowest BCUT2D eigenvalue weighted by Crippen LogP contribution is -2.27. The van der Waals surface area contributed by atoms with Crippen LogP contribution < -0.4 is 5.73 Å². The maximum Gasteiger partial charge on any atom is 0.490 e. The molecule has 8 heteroatoms. The van der Waals surface area contributed by atoms with E-state index in [-0.39, 0.29) is 0 Å². The van der Waals surface area contributed by atoms with Crippen molar-refractivity contribution in [3.8, 4) is 0 Å². The average molecular weight is 512 g/mol. The molecule has 0 bridgehead atoms. The first-order valence-electron chi connectivity index (χ1n) is 13.8. The van der Waals surface area contributed by atoms with Gasteiger partial charge in [0.05, 0.1) is 12.6 Å². The highest BCUT2D eigenvalue weighted by atomic mass is 19.4. The van der Waals surface area contributed by atoms with Gasteiger partial charge in [-0.3, -0.25) is 0 Å². The number of carbonyl (C=O) groups excluding carboxylic acids is 1. The summed E-state index contributed by atoms with van der Waals surface area (Å²) in [7, 11) is 0. The van der Waals surface area contributed by atoms with Crippen LogP contribution in [-0.4, -0.2) is 42.8 Å². The molecule has 0 aliphatic heterocycles. The van der Waals surface area contributed by atoms with E-state index in [0.717, 1.165) is 19.3 Å². The monoisotopic (exact) mass is 511 g/mol. The Labute approximate surface area is 211 Å². The van der Waals surface area contributed by atoms with Gasteiger partial charge < -0.3 is 20.4 Å². The summed E-state index contributed by atoms with van der Waals surface area (Å²) in [6.07, 6.45) is 23.6. The quantitative estimate of drug-likeness (QED) is 0.101. The summed E-state index contributed by atoms with van der Waals surface area (Å²) in [6.45, 7) is 3.39. The average Bonchev–Trinajstić information content (AvgIpc) is 2.82. The first-order valence-corrected chi connectivity index (χ1v) is 13.8. The van der Waals surface area contributed by atoms with Crippen LogP contribution in [0.5, 0.6) is 0 Å². The fraction of sp³-hybridized carbons (Fsp3) is 0.926. The van der Waals surface area contributed by atoms with E-state index in [1.807, 2.05) is 0 Å². The molecule has 0 saturated heterocycles. The summed E-state index contributed by atoms with van der Waals surface area (Å²) in [5, 5.41) is 7.12. The van der Waals surface area contributed by atoms with Crippen molar-refractivity contribution in [3.05, 3.63) is 0 Å². The second kappa shape index (κ2) is 27.4. The summed E-state index contributed by atoms with van der Waals surface area (Å²) < 4.78 is 37.1. The highest BCUT2D eigenvalue weighted by Crippen LogP contribution is 2.15. The van der Waals surface area contributed by atoms with Crippen molar-refractivity contribution in [2.24, 2.45) is 5.73 Å². The van der Waals surface area contributed by atoms with Gasteiger partial charge in [-0.15, -0.1) is 0 Å². The van der Waals surface area contributed by atoms with Gasteiger partial charge in [-0.2, -0.15) is 13.2 Å². The molecule has 210 valence electrons. The number of nitrogens with two attached hydrogens (primary N) is 1. The molecule has 0 amide bonds. The van der Waals surface area contributed by atoms with Crippen LogP contribution in [0.4, 0.5) is 13.2 Å². The lowest BCUT2D eigenvalue weighted by atomic mass is 10.0. The predicted octanol–water partition coefficient (Wildman–Crippen LogP) is 7.98. The molecule has 3 N–H and O–H groups in total. The molecule has 0 rings (SSSR count). The van der Waals surface area contributed by atoms with E-state index in [0.29, 0.717) is 6.61 Å². The molecule has 35 heavy (non-hydrogen) atoms. The van der Waals surface area contributed by atoms with Crippen LogP contribution in [0.25, 0.3) is 0 Å². The van der Waals surface area contributed by atoms with Crippen LogP contribution in [0.3, 0.4) is 0 Å². The molecule has 0 aliphatic carbocycles. The number of halogens is 3. The number of hydrogen-bond donors (Lipinski definition) is 2. The number of aldehydes is 1. The van der Waals surface area contributed by atoms with E-state index in [1.165, 1.54) is 122 Å². The number of ether oxygens (including phenoxy) is 1. The van der Waals surface area contributed by atoms with Crippen molar-refractivity contribution in [1.29, 1.82) is 0 Å². The van der Waals surface area contributed by atoms with E-state index < -0.39 is 18.2 Å². The fourth-order valence-corrected chi connectivity index (χ4v) is 3.72. The number of carboxylic acids is 1. The van der Waals surface area contributed by atoms with E-state index in [9.17, 15) is 18.0 Å². The SMILES string of the molecule is CCCCCCCCCCCCCCCCCCCCCCOC[C@H](N)C=O.O=C(O)C(F)(F)F. The maximum absolute atomic E-state index is 10.6. The third-order valence-electron chi connectivity index (χ3n) is 5.87. The van der Waals surface area contributed by atoms with Gasteiger partial charge in [0.15, 0.2) is 0 Å². The molecule has 0 unspecified atom stereocenters. The molecule has 0 aromatic rings. The van der Waals surface area contributed by atoms with E-state index in [2.05, 4.69) is 6.92 Å². The molecule has 5 nitrogen and oxygen atoms in total. The number of alkyl halides is 3. The second-order valence-corrected chi connectivity index (χ2v) is 9.40. The van der Waals surface area contributed by atoms with Gasteiger partial charge in [0.1, 0.15) is 6.29 Å². The van der Waals surface area contributed by atoms with Crippen LogP contribution in [0, 0.1) is 0 Å². The van der Waals surface area contributed by atoms with Crippen LogP contribution in [0.1, 0.15) is 135 Å². The van der Waals surface area contributed by atoms with Crippen molar-refractivity contribution < 1.29 is 32.6 Å². The Bertz CT molecular complexity index is 462. The second-order valence-electron chi connectivity index (χ2n) is 9.40. The normalized spacial score (nSPS) is 12.1. The van der Waals surface area contributed by atoms with Gasteiger partial charge in [0.2, 0.25) is 0 Å². The number of unbranched alkanes of at least 4 members (excludes halogenated alkanes) is 19. The molecule has 0 fully saturated rings. The molecule has 0 aliphatic rings.